The highest BCUT2D eigenvalue weighted by molar-refractivity contribution is 6.74. The number of aromatic nitrogens is 1. The summed E-state index contributed by atoms with van der Waals surface area (Å²) in [5, 5.41) is 0.228. The Morgan fingerprint density at radius 3 is 2.44 bits per heavy atom. The third kappa shape index (κ3) is 3.90. The highest BCUT2D eigenvalue weighted by atomic mass is 28.4. The van der Waals surface area contributed by atoms with E-state index in [9.17, 15) is 0 Å². The van der Waals surface area contributed by atoms with Crippen molar-refractivity contribution < 1.29 is 4.43 Å². The molecule has 1 aromatic heterocycles. The van der Waals surface area contributed by atoms with E-state index in [0.717, 1.165) is 11.4 Å². The minimum Gasteiger partial charge on any atom is -0.411 e. The van der Waals surface area contributed by atoms with Crippen LogP contribution >= 0.6 is 0 Å². The fourth-order valence-electron chi connectivity index (χ4n) is 1.30. The molecule has 102 valence electrons. The van der Waals surface area contributed by atoms with Gasteiger partial charge < -0.3 is 10.2 Å². The van der Waals surface area contributed by atoms with Gasteiger partial charge in [-0.2, -0.15) is 0 Å². The molecule has 3 nitrogen and oxygen atoms in total. The van der Waals surface area contributed by atoms with Crippen molar-refractivity contribution in [2.45, 2.75) is 58.5 Å². The summed E-state index contributed by atoms with van der Waals surface area (Å²) >= 11 is 0. The van der Waals surface area contributed by atoms with E-state index in [2.05, 4.69) is 38.8 Å². The number of rotatable bonds is 4. The molecular formula is C14H26N2OSi. The molecule has 1 aromatic rings. The van der Waals surface area contributed by atoms with Gasteiger partial charge in [-0.1, -0.05) is 26.8 Å². The summed E-state index contributed by atoms with van der Waals surface area (Å²) in [4.78, 5) is 4.53. The maximum atomic E-state index is 6.15. The van der Waals surface area contributed by atoms with E-state index in [4.69, 9.17) is 10.2 Å². The van der Waals surface area contributed by atoms with E-state index in [1.807, 2.05) is 25.1 Å². The number of hydrogen-bond acceptors (Lipinski definition) is 3. The zero-order valence-electron chi connectivity index (χ0n) is 12.4. The molecule has 1 rings (SSSR count). The Morgan fingerprint density at radius 1 is 1.33 bits per heavy atom. The topological polar surface area (TPSA) is 48.1 Å². The molecule has 0 aromatic carbocycles. The maximum absolute atomic E-state index is 6.15. The molecule has 0 fully saturated rings. The summed E-state index contributed by atoms with van der Waals surface area (Å²) in [6.45, 7) is 13.8. The highest BCUT2D eigenvalue weighted by Gasteiger charge is 2.37. The fourth-order valence-corrected chi connectivity index (χ4v) is 2.24. The van der Waals surface area contributed by atoms with Crippen LogP contribution in [0.15, 0.2) is 18.2 Å². The normalized spacial score (nSPS) is 14.6. The molecule has 0 spiro atoms. The maximum Gasteiger partial charge on any atom is 0.192 e. The average Bonchev–Trinajstić information content (AvgIpc) is 2.25. The molecule has 0 unspecified atom stereocenters. The Balaban J connectivity index is 2.72. The van der Waals surface area contributed by atoms with Gasteiger partial charge in [-0.3, -0.25) is 4.98 Å². The van der Waals surface area contributed by atoms with Crippen LogP contribution < -0.4 is 5.73 Å². The molecule has 0 bridgehead atoms. The van der Waals surface area contributed by atoms with Crippen LogP contribution in [0, 0.1) is 0 Å². The number of nitrogens with two attached hydrogens (primary N) is 1. The largest absolute Gasteiger partial charge is 0.411 e. The van der Waals surface area contributed by atoms with Crippen molar-refractivity contribution in [2.24, 2.45) is 5.73 Å². The van der Waals surface area contributed by atoms with Gasteiger partial charge in [0, 0.05) is 6.04 Å². The van der Waals surface area contributed by atoms with E-state index in [1.54, 1.807) is 0 Å². The lowest BCUT2D eigenvalue weighted by molar-refractivity contribution is 0.271. The second kappa shape index (κ2) is 5.51. The first-order valence-electron chi connectivity index (χ1n) is 6.49. The van der Waals surface area contributed by atoms with Crippen LogP contribution in [-0.4, -0.2) is 13.3 Å². The molecule has 1 heterocycles. The van der Waals surface area contributed by atoms with Crippen LogP contribution in [0.4, 0.5) is 0 Å². The highest BCUT2D eigenvalue weighted by Crippen LogP contribution is 2.36. The zero-order valence-corrected chi connectivity index (χ0v) is 13.4. The van der Waals surface area contributed by atoms with Crippen LogP contribution in [0.5, 0.6) is 0 Å². The Hall–Kier alpha value is -0.713. The predicted octanol–water partition coefficient (Wildman–Crippen LogP) is 3.62. The van der Waals surface area contributed by atoms with Gasteiger partial charge in [-0.05, 0) is 37.2 Å². The molecule has 0 amide bonds. The fraction of sp³-hybridized carbons (Fsp3) is 0.643. The molecule has 2 N–H and O–H groups in total. The van der Waals surface area contributed by atoms with Gasteiger partial charge in [0.05, 0.1) is 18.0 Å². The van der Waals surface area contributed by atoms with E-state index in [-0.39, 0.29) is 11.1 Å². The molecule has 0 aliphatic rings. The first-order valence-corrected chi connectivity index (χ1v) is 9.40. The van der Waals surface area contributed by atoms with Gasteiger partial charge in [-0.25, -0.2) is 0 Å². The average molecular weight is 266 g/mol. The molecule has 18 heavy (non-hydrogen) atoms. The SMILES string of the molecule is C[C@@H](N)c1cccc(CO[Si](C)(C)C(C)(C)C)n1. The van der Waals surface area contributed by atoms with Crippen molar-refractivity contribution in [3.8, 4) is 0 Å². The smallest absolute Gasteiger partial charge is 0.192 e. The number of hydrogen-bond donors (Lipinski definition) is 1. The molecule has 0 saturated carbocycles. The third-order valence-corrected chi connectivity index (χ3v) is 8.16. The molecule has 0 aliphatic heterocycles. The molecule has 1 atom stereocenters. The first kappa shape index (κ1) is 15.3. The van der Waals surface area contributed by atoms with Gasteiger partial charge in [-0.15, -0.1) is 0 Å². The second-order valence-electron chi connectivity index (χ2n) is 6.39. The minimum atomic E-state index is -1.70. The number of nitrogens with zero attached hydrogens (tertiary/aromatic N) is 1. The molecule has 0 saturated heterocycles. The first-order chi connectivity index (χ1) is 8.13. The van der Waals surface area contributed by atoms with E-state index < -0.39 is 8.32 Å². The van der Waals surface area contributed by atoms with Gasteiger partial charge in [0.15, 0.2) is 8.32 Å². The summed E-state index contributed by atoms with van der Waals surface area (Å²) in [6.07, 6.45) is 0. The summed E-state index contributed by atoms with van der Waals surface area (Å²) < 4.78 is 6.15. The number of pyridine rings is 1. The van der Waals surface area contributed by atoms with Crippen molar-refractivity contribution in [2.75, 3.05) is 0 Å². The lowest BCUT2D eigenvalue weighted by atomic mass is 10.2. The van der Waals surface area contributed by atoms with Crippen LogP contribution in [0.1, 0.15) is 45.1 Å². The monoisotopic (exact) mass is 266 g/mol. The Bertz CT molecular complexity index is 397. The molecule has 0 radical (unpaired) electrons. The summed E-state index contributed by atoms with van der Waals surface area (Å²) in [7, 11) is -1.70. The van der Waals surface area contributed by atoms with Crippen molar-refractivity contribution >= 4 is 8.32 Å². The summed E-state index contributed by atoms with van der Waals surface area (Å²) in [5.41, 5.74) is 7.73. The minimum absolute atomic E-state index is 0.0298. The van der Waals surface area contributed by atoms with E-state index in [0.29, 0.717) is 6.61 Å². The third-order valence-electron chi connectivity index (χ3n) is 3.68. The Kier molecular flexibility index (Phi) is 4.70. The quantitative estimate of drug-likeness (QED) is 0.847. The van der Waals surface area contributed by atoms with Gasteiger partial charge >= 0.3 is 0 Å². The predicted molar refractivity (Wildman–Crippen MR) is 78.8 cm³/mol. The van der Waals surface area contributed by atoms with Crippen molar-refractivity contribution in [3.05, 3.63) is 29.6 Å². The van der Waals surface area contributed by atoms with Gasteiger partial charge in [0.2, 0.25) is 0 Å². The zero-order chi connectivity index (χ0) is 14.0. The lowest BCUT2D eigenvalue weighted by Crippen LogP contribution is -2.40. The van der Waals surface area contributed by atoms with Crippen LogP contribution in [0.2, 0.25) is 18.1 Å². The lowest BCUT2D eigenvalue weighted by Gasteiger charge is -2.36. The van der Waals surface area contributed by atoms with Crippen LogP contribution in [0.3, 0.4) is 0 Å². The molecule has 4 heteroatoms. The summed E-state index contributed by atoms with van der Waals surface area (Å²) in [6, 6.07) is 5.92. The van der Waals surface area contributed by atoms with E-state index in [1.165, 1.54) is 0 Å². The second-order valence-corrected chi connectivity index (χ2v) is 11.2. The Morgan fingerprint density at radius 2 is 1.94 bits per heavy atom. The van der Waals surface area contributed by atoms with Crippen molar-refractivity contribution in [1.82, 2.24) is 4.98 Å². The van der Waals surface area contributed by atoms with Gasteiger partial charge in [0.25, 0.3) is 0 Å². The van der Waals surface area contributed by atoms with Crippen molar-refractivity contribution in [3.63, 3.8) is 0 Å². The van der Waals surface area contributed by atoms with Crippen LogP contribution in [-0.2, 0) is 11.0 Å². The molecule has 0 aliphatic carbocycles. The van der Waals surface area contributed by atoms with E-state index >= 15 is 0 Å². The Labute approximate surface area is 112 Å². The van der Waals surface area contributed by atoms with Crippen molar-refractivity contribution in [1.29, 1.82) is 0 Å². The van der Waals surface area contributed by atoms with Gasteiger partial charge in [0.1, 0.15) is 0 Å². The van der Waals surface area contributed by atoms with Crippen LogP contribution in [0.25, 0.3) is 0 Å². The summed E-state index contributed by atoms with van der Waals surface area (Å²) in [5.74, 6) is 0. The molecular weight excluding hydrogens is 240 g/mol. The standard InChI is InChI=1S/C14H26N2OSi/c1-11(15)13-9-7-8-12(16-13)10-17-18(5,6)14(2,3)4/h7-9,11H,10,15H2,1-6H3/t11-/m1/s1.